The zero-order chi connectivity index (χ0) is 16.1. The van der Waals surface area contributed by atoms with Crippen LogP contribution in [0.5, 0.6) is 0 Å². The smallest absolute Gasteiger partial charge is 0.319 e. The van der Waals surface area contributed by atoms with E-state index in [1.54, 1.807) is 11.3 Å². The van der Waals surface area contributed by atoms with Crippen molar-refractivity contribution in [2.45, 2.75) is 13.5 Å². The Kier molecular flexibility index (Phi) is 4.68. The first-order valence-corrected chi connectivity index (χ1v) is 8.20. The lowest BCUT2D eigenvalue weighted by Crippen LogP contribution is -2.28. The van der Waals surface area contributed by atoms with Crippen molar-refractivity contribution in [3.05, 3.63) is 71.2 Å². The fourth-order valence-electron chi connectivity index (χ4n) is 2.14. The van der Waals surface area contributed by atoms with Crippen molar-refractivity contribution in [2.75, 3.05) is 5.32 Å². The van der Waals surface area contributed by atoms with Crippen LogP contribution in [0.2, 0.25) is 0 Å². The number of thiazole rings is 1. The molecular weight excluding hydrogens is 306 g/mol. The maximum absolute atomic E-state index is 11.9. The Hall–Kier alpha value is -2.66. The number of carbonyl (C=O) groups excluding carboxylic acids is 1. The molecule has 2 amide bonds. The zero-order valence-electron chi connectivity index (χ0n) is 12.7. The highest BCUT2D eigenvalue weighted by Crippen LogP contribution is 2.24. The molecule has 0 aliphatic rings. The Morgan fingerprint density at radius 2 is 1.83 bits per heavy atom. The van der Waals surface area contributed by atoms with Gasteiger partial charge in [-0.25, -0.2) is 9.78 Å². The quantitative estimate of drug-likeness (QED) is 0.746. The van der Waals surface area contributed by atoms with E-state index in [9.17, 15) is 4.79 Å². The molecule has 3 aromatic rings. The summed E-state index contributed by atoms with van der Waals surface area (Å²) in [5.74, 6) is 0. The van der Waals surface area contributed by atoms with Crippen molar-refractivity contribution < 1.29 is 4.79 Å². The number of nitrogens with one attached hydrogen (secondary N) is 2. The number of amides is 2. The Morgan fingerprint density at radius 3 is 2.48 bits per heavy atom. The van der Waals surface area contributed by atoms with E-state index in [4.69, 9.17) is 0 Å². The lowest BCUT2D eigenvalue weighted by molar-refractivity contribution is 0.251. The monoisotopic (exact) mass is 323 g/mol. The average Bonchev–Trinajstić information content (AvgIpc) is 3.01. The summed E-state index contributed by atoms with van der Waals surface area (Å²) in [6, 6.07) is 17.3. The van der Waals surface area contributed by atoms with Gasteiger partial charge in [0.2, 0.25) is 0 Å². The van der Waals surface area contributed by atoms with Crippen molar-refractivity contribution in [3.8, 4) is 10.6 Å². The van der Waals surface area contributed by atoms with Crippen LogP contribution >= 0.6 is 11.3 Å². The van der Waals surface area contributed by atoms with Crippen molar-refractivity contribution in [2.24, 2.45) is 0 Å². The average molecular weight is 323 g/mol. The Labute approximate surface area is 139 Å². The number of aryl methyl sites for hydroxylation is 1. The summed E-state index contributed by atoms with van der Waals surface area (Å²) >= 11 is 1.62. The van der Waals surface area contributed by atoms with E-state index < -0.39 is 0 Å². The van der Waals surface area contributed by atoms with Crippen molar-refractivity contribution >= 4 is 23.1 Å². The molecule has 0 saturated heterocycles. The molecule has 1 heterocycles. The maximum atomic E-state index is 11.9. The molecule has 5 heteroatoms. The van der Waals surface area contributed by atoms with Crippen LogP contribution in [0, 0.1) is 6.92 Å². The van der Waals surface area contributed by atoms with Crippen LogP contribution in [0.3, 0.4) is 0 Å². The molecule has 2 aromatic carbocycles. The summed E-state index contributed by atoms with van der Waals surface area (Å²) < 4.78 is 0. The molecule has 0 saturated carbocycles. The van der Waals surface area contributed by atoms with Crippen LogP contribution in [0.15, 0.2) is 60.0 Å². The van der Waals surface area contributed by atoms with Gasteiger partial charge in [-0.15, -0.1) is 11.3 Å². The van der Waals surface area contributed by atoms with Gasteiger partial charge < -0.3 is 10.6 Å². The third kappa shape index (κ3) is 4.17. The normalized spacial score (nSPS) is 10.3. The van der Waals surface area contributed by atoms with Gasteiger partial charge in [0.15, 0.2) is 0 Å². The van der Waals surface area contributed by atoms with Crippen LogP contribution in [0.4, 0.5) is 10.5 Å². The lowest BCUT2D eigenvalue weighted by Gasteiger charge is -2.08. The number of hydrogen-bond donors (Lipinski definition) is 2. The summed E-state index contributed by atoms with van der Waals surface area (Å²) in [5.41, 5.74) is 3.90. The van der Waals surface area contributed by atoms with Gasteiger partial charge in [0, 0.05) is 28.9 Å². The predicted octanol–water partition coefficient (Wildman–Crippen LogP) is 4.44. The highest BCUT2D eigenvalue weighted by Gasteiger charge is 2.04. The molecule has 0 radical (unpaired) electrons. The second kappa shape index (κ2) is 7.07. The molecule has 0 atom stereocenters. The van der Waals surface area contributed by atoms with E-state index in [2.05, 4.69) is 15.6 Å². The molecule has 4 nitrogen and oxygen atoms in total. The van der Waals surface area contributed by atoms with E-state index in [1.165, 1.54) is 0 Å². The topological polar surface area (TPSA) is 54.0 Å². The van der Waals surface area contributed by atoms with Gasteiger partial charge in [-0.1, -0.05) is 30.3 Å². The molecule has 0 spiro atoms. The second-order valence-electron chi connectivity index (χ2n) is 5.16. The fraction of sp³-hybridized carbons (Fsp3) is 0.111. The Morgan fingerprint density at radius 1 is 1.09 bits per heavy atom. The first kappa shape index (κ1) is 15.2. The molecule has 0 fully saturated rings. The minimum atomic E-state index is -0.216. The number of aromatic nitrogens is 1. The Bertz CT molecular complexity index is 782. The van der Waals surface area contributed by atoms with E-state index >= 15 is 0 Å². The number of benzene rings is 2. The van der Waals surface area contributed by atoms with Gasteiger partial charge in [0.05, 0.1) is 0 Å². The first-order chi connectivity index (χ1) is 11.2. The molecule has 0 aliphatic heterocycles. The third-order valence-electron chi connectivity index (χ3n) is 3.30. The van der Waals surface area contributed by atoms with Crippen molar-refractivity contribution in [1.29, 1.82) is 0 Å². The summed E-state index contributed by atoms with van der Waals surface area (Å²) in [6.45, 7) is 2.48. The number of hydrogen-bond acceptors (Lipinski definition) is 3. The number of nitrogens with zero attached hydrogens (tertiary/aromatic N) is 1. The summed E-state index contributed by atoms with van der Waals surface area (Å²) in [5, 5.41) is 8.68. The minimum Gasteiger partial charge on any atom is -0.334 e. The number of rotatable bonds is 4. The molecule has 0 aliphatic carbocycles. The predicted molar refractivity (Wildman–Crippen MR) is 94.6 cm³/mol. The SMILES string of the molecule is Cc1csc(-c2ccc(NC(=O)NCc3ccccc3)cc2)n1. The van der Waals surface area contributed by atoms with Gasteiger partial charge in [0.25, 0.3) is 0 Å². The molecule has 3 rings (SSSR count). The molecule has 2 N–H and O–H groups in total. The highest BCUT2D eigenvalue weighted by atomic mass is 32.1. The number of urea groups is 1. The highest BCUT2D eigenvalue weighted by molar-refractivity contribution is 7.13. The van der Waals surface area contributed by atoms with Crippen LogP contribution in [0.1, 0.15) is 11.3 Å². The lowest BCUT2D eigenvalue weighted by atomic mass is 10.2. The van der Waals surface area contributed by atoms with Gasteiger partial charge in [-0.3, -0.25) is 0 Å². The first-order valence-electron chi connectivity index (χ1n) is 7.32. The van der Waals surface area contributed by atoms with Crippen LogP contribution in [0.25, 0.3) is 10.6 Å². The van der Waals surface area contributed by atoms with Gasteiger partial charge in [0.1, 0.15) is 5.01 Å². The fourth-order valence-corrected chi connectivity index (χ4v) is 2.94. The molecule has 1 aromatic heterocycles. The van der Waals surface area contributed by atoms with E-state index in [0.29, 0.717) is 6.54 Å². The van der Waals surface area contributed by atoms with E-state index in [-0.39, 0.29) is 6.03 Å². The molecule has 116 valence electrons. The standard InChI is InChI=1S/C18H17N3OS/c1-13-12-23-17(20-13)15-7-9-16(10-8-15)21-18(22)19-11-14-5-3-2-4-6-14/h2-10,12H,11H2,1H3,(H2,19,21,22). The molecular formula is C18H17N3OS. The van der Waals surface area contributed by atoms with Crippen molar-refractivity contribution in [3.63, 3.8) is 0 Å². The minimum absolute atomic E-state index is 0.216. The largest absolute Gasteiger partial charge is 0.334 e. The van der Waals surface area contributed by atoms with Crippen LogP contribution in [-0.2, 0) is 6.54 Å². The Balaban J connectivity index is 1.56. The van der Waals surface area contributed by atoms with Gasteiger partial charge in [-0.05, 0) is 36.8 Å². The summed E-state index contributed by atoms with van der Waals surface area (Å²) in [4.78, 5) is 16.4. The van der Waals surface area contributed by atoms with Gasteiger partial charge >= 0.3 is 6.03 Å². The third-order valence-corrected chi connectivity index (χ3v) is 4.31. The summed E-state index contributed by atoms with van der Waals surface area (Å²) in [6.07, 6.45) is 0. The van der Waals surface area contributed by atoms with Crippen molar-refractivity contribution in [1.82, 2.24) is 10.3 Å². The van der Waals surface area contributed by atoms with Gasteiger partial charge in [-0.2, -0.15) is 0 Å². The molecule has 0 unspecified atom stereocenters. The summed E-state index contributed by atoms with van der Waals surface area (Å²) in [7, 11) is 0. The van der Waals surface area contributed by atoms with E-state index in [0.717, 1.165) is 27.5 Å². The number of carbonyl (C=O) groups is 1. The number of anilines is 1. The molecule has 23 heavy (non-hydrogen) atoms. The van der Waals surface area contributed by atoms with Crippen LogP contribution < -0.4 is 10.6 Å². The van der Waals surface area contributed by atoms with Crippen LogP contribution in [-0.4, -0.2) is 11.0 Å². The second-order valence-corrected chi connectivity index (χ2v) is 6.02. The van der Waals surface area contributed by atoms with E-state index in [1.807, 2.05) is 66.9 Å². The molecule has 0 bridgehead atoms. The zero-order valence-corrected chi connectivity index (χ0v) is 13.6. The maximum Gasteiger partial charge on any atom is 0.319 e.